The van der Waals surface area contributed by atoms with E-state index >= 15 is 0 Å². The first-order chi connectivity index (χ1) is 11.7. The van der Waals surface area contributed by atoms with Crippen molar-refractivity contribution in [2.75, 3.05) is 13.1 Å². The number of carbonyl (C=O) groups is 2. The van der Waals surface area contributed by atoms with Gasteiger partial charge in [0.25, 0.3) is 0 Å². The van der Waals surface area contributed by atoms with Gasteiger partial charge in [0.2, 0.25) is 11.8 Å². The van der Waals surface area contributed by atoms with Crippen LogP contribution in [0, 0.1) is 11.3 Å². The van der Waals surface area contributed by atoms with Gasteiger partial charge in [0.1, 0.15) is 0 Å². The number of likely N-dealkylation sites (tertiary alicyclic amines) is 1. The van der Waals surface area contributed by atoms with Crippen LogP contribution in [0.2, 0.25) is 0 Å². The largest absolute Gasteiger partial charge is 0.355 e. The SMILES string of the molecule is O=C(CCCc1ccccc1)N1C[C@H]2CNC(=O)[C@]23CCCC[C@@H]13. The highest BCUT2D eigenvalue weighted by Gasteiger charge is 2.62. The van der Waals surface area contributed by atoms with Gasteiger partial charge in [-0.3, -0.25) is 9.59 Å². The van der Waals surface area contributed by atoms with E-state index in [-0.39, 0.29) is 23.3 Å². The van der Waals surface area contributed by atoms with Crippen molar-refractivity contribution in [2.45, 2.75) is 51.0 Å². The monoisotopic (exact) mass is 326 g/mol. The summed E-state index contributed by atoms with van der Waals surface area (Å²) >= 11 is 0. The Hall–Kier alpha value is -1.84. The van der Waals surface area contributed by atoms with Gasteiger partial charge in [-0.05, 0) is 31.2 Å². The normalized spacial score (nSPS) is 31.5. The molecule has 2 saturated heterocycles. The Bertz CT molecular complexity index is 630. The van der Waals surface area contributed by atoms with E-state index in [0.29, 0.717) is 12.3 Å². The van der Waals surface area contributed by atoms with Crippen LogP contribution in [0.5, 0.6) is 0 Å². The summed E-state index contributed by atoms with van der Waals surface area (Å²) in [6.45, 7) is 1.52. The fourth-order valence-electron chi connectivity index (χ4n) is 5.20. The molecule has 2 heterocycles. The highest BCUT2D eigenvalue weighted by atomic mass is 16.2. The molecule has 1 aliphatic carbocycles. The Morgan fingerprint density at radius 1 is 1.25 bits per heavy atom. The molecule has 1 spiro atoms. The molecule has 3 fully saturated rings. The van der Waals surface area contributed by atoms with Crippen LogP contribution in [0.3, 0.4) is 0 Å². The Labute approximate surface area is 143 Å². The lowest BCUT2D eigenvalue weighted by molar-refractivity contribution is -0.138. The van der Waals surface area contributed by atoms with Gasteiger partial charge >= 0.3 is 0 Å². The summed E-state index contributed by atoms with van der Waals surface area (Å²) in [5.41, 5.74) is 1.02. The van der Waals surface area contributed by atoms with Gasteiger partial charge in [-0.1, -0.05) is 43.2 Å². The molecule has 4 heteroatoms. The second kappa shape index (κ2) is 6.23. The molecule has 128 valence electrons. The van der Waals surface area contributed by atoms with Crippen molar-refractivity contribution in [3.63, 3.8) is 0 Å². The van der Waals surface area contributed by atoms with Crippen molar-refractivity contribution in [1.29, 1.82) is 0 Å². The van der Waals surface area contributed by atoms with Gasteiger partial charge in [-0.2, -0.15) is 0 Å². The van der Waals surface area contributed by atoms with E-state index in [4.69, 9.17) is 0 Å². The second-order valence-electron chi connectivity index (χ2n) is 7.59. The predicted octanol–water partition coefficient (Wildman–Crippen LogP) is 2.53. The molecule has 4 nitrogen and oxygen atoms in total. The standard InChI is InChI=1S/C20H26N2O2/c23-18(11-6-9-15-7-2-1-3-8-15)22-14-16-13-21-19(24)20(16)12-5-4-10-17(20)22/h1-3,7-8,16-17H,4-6,9-14H2,(H,21,24)/t16-,17-,20-/m1/s1. The summed E-state index contributed by atoms with van der Waals surface area (Å²) < 4.78 is 0. The van der Waals surface area contributed by atoms with Crippen molar-refractivity contribution in [3.8, 4) is 0 Å². The van der Waals surface area contributed by atoms with E-state index in [1.807, 2.05) is 18.2 Å². The molecule has 1 N–H and O–H groups in total. The van der Waals surface area contributed by atoms with Crippen LogP contribution in [-0.4, -0.2) is 35.8 Å². The molecular weight excluding hydrogens is 300 g/mol. The molecule has 24 heavy (non-hydrogen) atoms. The Balaban J connectivity index is 1.41. The first kappa shape index (κ1) is 15.7. The minimum absolute atomic E-state index is 0.142. The molecule has 0 unspecified atom stereocenters. The zero-order chi connectivity index (χ0) is 16.6. The van der Waals surface area contributed by atoms with Gasteiger partial charge < -0.3 is 10.2 Å². The van der Waals surface area contributed by atoms with Crippen LogP contribution in [0.15, 0.2) is 30.3 Å². The molecular formula is C20H26N2O2. The summed E-state index contributed by atoms with van der Waals surface area (Å²) in [6.07, 6.45) is 6.64. The third-order valence-electron chi connectivity index (χ3n) is 6.39. The van der Waals surface area contributed by atoms with E-state index in [2.05, 4.69) is 22.3 Å². The number of amides is 2. The molecule has 2 aliphatic heterocycles. The molecule has 0 aromatic heterocycles. The lowest BCUT2D eigenvalue weighted by Crippen LogP contribution is -2.49. The maximum Gasteiger partial charge on any atom is 0.228 e. The maximum absolute atomic E-state index is 12.8. The van der Waals surface area contributed by atoms with E-state index in [1.54, 1.807) is 0 Å². The van der Waals surface area contributed by atoms with Crippen LogP contribution in [0.1, 0.15) is 44.1 Å². The number of hydrogen-bond donors (Lipinski definition) is 1. The third-order valence-corrected chi connectivity index (χ3v) is 6.39. The summed E-state index contributed by atoms with van der Waals surface area (Å²) in [6, 6.07) is 10.5. The molecule has 1 saturated carbocycles. The Morgan fingerprint density at radius 3 is 2.92 bits per heavy atom. The van der Waals surface area contributed by atoms with Crippen molar-refractivity contribution < 1.29 is 9.59 Å². The summed E-state index contributed by atoms with van der Waals surface area (Å²) in [4.78, 5) is 27.4. The van der Waals surface area contributed by atoms with Crippen LogP contribution in [0.4, 0.5) is 0 Å². The van der Waals surface area contributed by atoms with Crippen LogP contribution in [-0.2, 0) is 16.0 Å². The first-order valence-electron chi connectivity index (χ1n) is 9.33. The summed E-state index contributed by atoms with van der Waals surface area (Å²) in [5.74, 6) is 0.782. The fraction of sp³-hybridized carbons (Fsp3) is 0.600. The zero-order valence-corrected chi connectivity index (χ0v) is 14.2. The van der Waals surface area contributed by atoms with E-state index in [0.717, 1.165) is 51.6 Å². The molecule has 4 rings (SSSR count). The number of aryl methyl sites for hydroxylation is 1. The summed E-state index contributed by atoms with van der Waals surface area (Å²) in [7, 11) is 0. The minimum Gasteiger partial charge on any atom is -0.355 e. The summed E-state index contributed by atoms with van der Waals surface area (Å²) in [5, 5.41) is 3.06. The number of carbonyl (C=O) groups excluding carboxylic acids is 2. The van der Waals surface area contributed by atoms with Gasteiger partial charge in [-0.25, -0.2) is 0 Å². The number of nitrogens with one attached hydrogen (secondary N) is 1. The van der Waals surface area contributed by atoms with Crippen LogP contribution < -0.4 is 5.32 Å². The fourth-order valence-corrected chi connectivity index (χ4v) is 5.20. The van der Waals surface area contributed by atoms with E-state index in [1.165, 1.54) is 5.56 Å². The highest BCUT2D eigenvalue weighted by molar-refractivity contribution is 5.89. The molecule has 1 aromatic carbocycles. The predicted molar refractivity (Wildman–Crippen MR) is 92.3 cm³/mol. The number of hydrogen-bond acceptors (Lipinski definition) is 2. The van der Waals surface area contributed by atoms with Gasteiger partial charge in [0.05, 0.1) is 5.41 Å². The Morgan fingerprint density at radius 2 is 2.08 bits per heavy atom. The van der Waals surface area contributed by atoms with Crippen molar-refractivity contribution in [3.05, 3.63) is 35.9 Å². The van der Waals surface area contributed by atoms with Crippen molar-refractivity contribution >= 4 is 11.8 Å². The average Bonchev–Trinajstić information content (AvgIpc) is 3.10. The minimum atomic E-state index is -0.270. The lowest BCUT2D eigenvalue weighted by atomic mass is 9.67. The molecule has 3 aliphatic rings. The number of rotatable bonds is 4. The van der Waals surface area contributed by atoms with Gasteiger partial charge in [0, 0.05) is 31.5 Å². The third kappa shape index (κ3) is 2.43. The Kier molecular flexibility index (Phi) is 4.07. The molecule has 0 bridgehead atoms. The quantitative estimate of drug-likeness (QED) is 0.924. The second-order valence-corrected chi connectivity index (χ2v) is 7.59. The molecule has 2 amide bonds. The van der Waals surface area contributed by atoms with Crippen molar-refractivity contribution in [1.82, 2.24) is 10.2 Å². The van der Waals surface area contributed by atoms with Crippen molar-refractivity contribution in [2.24, 2.45) is 11.3 Å². The average molecular weight is 326 g/mol. The van der Waals surface area contributed by atoms with E-state index in [9.17, 15) is 9.59 Å². The zero-order valence-electron chi connectivity index (χ0n) is 14.2. The first-order valence-corrected chi connectivity index (χ1v) is 9.33. The van der Waals surface area contributed by atoms with Gasteiger partial charge in [0.15, 0.2) is 0 Å². The highest BCUT2D eigenvalue weighted by Crippen LogP contribution is 2.52. The van der Waals surface area contributed by atoms with Gasteiger partial charge in [-0.15, -0.1) is 0 Å². The molecule has 3 atom stereocenters. The maximum atomic E-state index is 12.8. The number of nitrogens with zero attached hydrogens (tertiary/aromatic N) is 1. The number of benzene rings is 1. The lowest BCUT2D eigenvalue weighted by Gasteiger charge is -2.39. The van der Waals surface area contributed by atoms with Crippen LogP contribution >= 0.6 is 0 Å². The van der Waals surface area contributed by atoms with E-state index < -0.39 is 0 Å². The topological polar surface area (TPSA) is 49.4 Å². The smallest absolute Gasteiger partial charge is 0.228 e. The molecule has 1 aromatic rings. The van der Waals surface area contributed by atoms with Crippen LogP contribution in [0.25, 0.3) is 0 Å². The molecule has 0 radical (unpaired) electrons.